The summed E-state index contributed by atoms with van der Waals surface area (Å²) < 4.78 is 18.8. The zero-order chi connectivity index (χ0) is 20.8. The molecule has 0 spiro atoms. The number of pyridine rings is 1. The predicted octanol–water partition coefficient (Wildman–Crippen LogP) is 0.146. The van der Waals surface area contributed by atoms with Crippen molar-refractivity contribution in [3.05, 3.63) is 65.7 Å². The van der Waals surface area contributed by atoms with Gasteiger partial charge >= 0.3 is 0 Å². The van der Waals surface area contributed by atoms with E-state index in [9.17, 15) is 24.2 Å². The van der Waals surface area contributed by atoms with Crippen LogP contribution in [0.3, 0.4) is 0 Å². The van der Waals surface area contributed by atoms with E-state index < -0.39 is 36.1 Å². The number of carbonyl (C=O) groups is 2. The number of rotatable bonds is 7. The first-order chi connectivity index (χ1) is 13.9. The molecule has 1 saturated heterocycles. The van der Waals surface area contributed by atoms with Gasteiger partial charge in [-0.05, 0) is 29.8 Å². The van der Waals surface area contributed by atoms with Crippen LogP contribution in [0.15, 0.2) is 48.8 Å². The number of hydrogen-bond donors (Lipinski definition) is 4. The van der Waals surface area contributed by atoms with Crippen molar-refractivity contribution in [1.29, 1.82) is 0 Å². The second kappa shape index (κ2) is 9.55. The van der Waals surface area contributed by atoms with Gasteiger partial charge in [0.2, 0.25) is 5.91 Å². The normalized spacial score (nSPS) is 23.6. The van der Waals surface area contributed by atoms with Crippen LogP contribution in [0.1, 0.15) is 22.3 Å². The molecule has 4 atom stereocenters. The number of aromatic nitrogens is 1. The van der Waals surface area contributed by atoms with Gasteiger partial charge in [-0.2, -0.15) is 0 Å². The molecule has 154 valence electrons. The molecule has 1 aliphatic heterocycles. The molecule has 2 aromatic rings. The number of amides is 2. The Labute approximate surface area is 166 Å². The summed E-state index contributed by atoms with van der Waals surface area (Å²) in [5.74, 6) is -1.43. The summed E-state index contributed by atoms with van der Waals surface area (Å²) in [5, 5.41) is 25.5. The van der Waals surface area contributed by atoms with Gasteiger partial charge in [0.25, 0.3) is 5.91 Å². The smallest absolute Gasteiger partial charge is 0.251 e. The van der Waals surface area contributed by atoms with Crippen molar-refractivity contribution in [3.8, 4) is 0 Å². The quantitative estimate of drug-likeness (QED) is 0.522. The molecule has 1 aromatic carbocycles. The van der Waals surface area contributed by atoms with Gasteiger partial charge in [0.15, 0.2) is 0 Å². The van der Waals surface area contributed by atoms with Crippen LogP contribution in [-0.4, -0.2) is 58.0 Å². The fourth-order valence-corrected chi connectivity index (χ4v) is 3.05. The third kappa shape index (κ3) is 5.57. The van der Waals surface area contributed by atoms with E-state index in [1.807, 2.05) is 6.07 Å². The topological polar surface area (TPSA) is 121 Å². The molecule has 0 bridgehead atoms. The number of carbonyl (C=O) groups excluding carboxylic acids is 2. The number of nitrogens with zero attached hydrogens (tertiary/aromatic N) is 1. The summed E-state index contributed by atoms with van der Waals surface area (Å²) in [7, 11) is 0. The number of benzene rings is 1. The molecule has 8 nitrogen and oxygen atoms in total. The minimum atomic E-state index is -1.27. The van der Waals surface area contributed by atoms with Gasteiger partial charge < -0.3 is 25.6 Å². The maximum absolute atomic E-state index is 13.2. The number of ether oxygens (including phenoxy) is 1. The maximum Gasteiger partial charge on any atom is 0.251 e. The minimum absolute atomic E-state index is 0.0959. The van der Waals surface area contributed by atoms with E-state index in [-0.39, 0.29) is 31.0 Å². The average Bonchev–Trinajstić information content (AvgIpc) is 2.99. The lowest BCUT2D eigenvalue weighted by atomic mass is 10.1. The summed E-state index contributed by atoms with van der Waals surface area (Å²) in [5.41, 5.74) is 0.955. The van der Waals surface area contributed by atoms with Crippen LogP contribution in [0.4, 0.5) is 4.39 Å². The molecule has 0 radical (unpaired) electrons. The zero-order valence-electron chi connectivity index (χ0n) is 15.5. The average molecular weight is 403 g/mol. The number of hydrogen-bond acceptors (Lipinski definition) is 6. The first-order valence-corrected chi connectivity index (χ1v) is 9.15. The van der Waals surface area contributed by atoms with Crippen LogP contribution in [0, 0.1) is 5.82 Å². The number of halogens is 1. The molecule has 29 heavy (non-hydrogen) atoms. The van der Waals surface area contributed by atoms with E-state index in [0.29, 0.717) is 0 Å². The molecule has 1 fully saturated rings. The number of aliphatic hydroxyl groups excluding tert-OH is 2. The maximum atomic E-state index is 13.2. The minimum Gasteiger partial charge on any atom is -0.388 e. The highest BCUT2D eigenvalue weighted by molar-refractivity contribution is 5.94. The Hall–Kier alpha value is -2.88. The summed E-state index contributed by atoms with van der Waals surface area (Å²) in [4.78, 5) is 28.1. The molecule has 4 N–H and O–H groups in total. The summed E-state index contributed by atoms with van der Waals surface area (Å²) >= 11 is 0. The van der Waals surface area contributed by atoms with Crippen molar-refractivity contribution in [3.63, 3.8) is 0 Å². The van der Waals surface area contributed by atoms with Crippen molar-refractivity contribution in [2.75, 3.05) is 6.54 Å². The lowest BCUT2D eigenvalue weighted by molar-refractivity contribution is -0.125. The van der Waals surface area contributed by atoms with E-state index in [1.54, 1.807) is 18.5 Å². The lowest BCUT2D eigenvalue weighted by Crippen LogP contribution is -2.40. The summed E-state index contributed by atoms with van der Waals surface area (Å²) in [6.45, 7) is 0.187. The Morgan fingerprint density at radius 3 is 2.62 bits per heavy atom. The van der Waals surface area contributed by atoms with Crippen molar-refractivity contribution < 1.29 is 28.9 Å². The summed E-state index contributed by atoms with van der Waals surface area (Å²) in [6, 6.07) is 8.75. The first-order valence-electron chi connectivity index (χ1n) is 9.15. The van der Waals surface area contributed by atoms with Crippen molar-refractivity contribution in [2.24, 2.45) is 0 Å². The standard InChI is InChI=1S/C20H22FN3O5/c21-14-5-1-4-13(7-14)20(28)24-11-16-19(27)18(26)15(29-16)8-17(25)23-10-12-3-2-6-22-9-12/h1-7,9,15-16,18-19,26-27H,8,10-11H2,(H,23,25)(H,24,28). The van der Waals surface area contributed by atoms with Gasteiger partial charge in [0.05, 0.1) is 12.5 Å². The van der Waals surface area contributed by atoms with E-state index in [1.165, 1.54) is 18.2 Å². The van der Waals surface area contributed by atoms with Crippen LogP contribution in [0.2, 0.25) is 0 Å². The SMILES string of the molecule is O=C(CC1OC(CNC(=O)c2cccc(F)c2)C(O)C1O)NCc1cccnc1. The highest BCUT2D eigenvalue weighted by Gasteiger charge is 2.43. The van der Waals surface area contributed by atoms with Crippen molar-refractivity contribution in [2.45, 2.75) is 37.4 Å². The molecular weight excluding hydrogens is 381 g/mol. The van der Waals surface area contributed by atoms with E-state index in [0.717, 1.165) is 11.6 Å². The predicted molar refractivity (Wildman–Crippen MR) is 100 cm³/mol. The van der Waals surface area contributed by atoms with Crippen LogP contribution in [0.5, 0.6) is 0 Å². The van der Waals surface area contributed by atoms with Crippen LogP contribution in [-0.2, 0) is 16.1 Å². The fraction of sp³-hybridized carbons (Fsp3) is 0.350. The second-order valence-electron chi connectivity index (χ2n) is 6.76. The van der Waals surface area contributed by atoms with Crippen LogP contribution < -0.4 is 10.6 Å². The Morgan fingerprint density at radius 1 is 1.10 bits per heavy atom. The highest BCUT2D eigenvalue weighted by Crippen LogP contribution is 2.23. The largest absolute Gasteiger partial charge is 0.388 e. The molecule has 3 rings (SSSR count). The molecule has 0 saturated carbocycles. The third-order valence-corrected chi connectivity index (χ3v) is 4.61. The van der Waals surface area contributed by atoms with Crippen molar-refractivity contribution in [1.82, 2.24) is 15.6 Å². The van der Waals surface area contributed by atoms with Gasteiger partial charge in [-0.1, -0.05) is 12.1 Å². The highest BCUT2D eigenvalue weighted by atomic mass is 19.1. The third-order valence-electron chi connectivity index (χ3n) is 4.61. The van der Waals surface area contributed by atoms with Crippen LogP contribution >= 0.6 is 0 Å². The fourth-order valence-electron chi connectivity index (χ4n) is 3.05. The molecule has 1 aromatic heterocycles. The molecule has 9 heteroatoms. The van der Waals surface area contributed by atoms with Crippen molar-refractivity contribution >= 4 is 11.8 Å². The Morgan fingerprint density at radius 2 is 1.90 bits per heavy atom. The second-order valence-corrected chi connectivity index (χ2v) is 6.76. The monoisotopic (exact) mass is 403 g/mol. The molecule has 4 unspecified atom stereocenters. The molecule has 2 amide bonds. The Kier molecular flexibility index (Phi) is 6.86. The van der Waals surface area contributed by atoms with E-state index >= 15 is 0 Å². The van der Waals surface area contributed by atoms with E-state index in [4.69, 9.17) is 4.74 Å². The molecule has 0 aliphatic carbocycles. The van der Waals surface area contributed by atoms with E-state index in [2.05, 4.69) is 15.6 Å². The molecule has 1 aliphatic rings. The van der Waals surface area contributed by atoms with Gasteiger partial charge in [-0.3, -0.25) is 14.6 Å². The van der Waals surface area contributed by atoms with Gasteiger partial charge in [0.1, 0.15) is 24.1 Å². The molecular formula is C20H22FN3O5. The Bertz CT molecular complexity index is 851. The summed E-state index contributed by atoms with van der Waals surface area (Å²) in [6.07, 6.45) is -1.22. The van der Waals surface area contributed by atoms with Gasteiger partial charge in [-0.15, -0.1) is 0 Å². The Balaban J connectivity index is 1.47. The lowest BCUT2D eigenvalue weighted by Gasteiger charge is -2.15. The number of nitrogens with one attached hydrogen (secondary N) is 2. The number of aliphatic hydroxyl groups is 2. The molecule has 2 heterocycles. The van der Waals surface area contributed by atoms with Gasteiger partial charge in [-0.25, -0.2) is 4.39 Å². The first kappa shape index (κ1) is 20.8. The van der Waals surface area contributed by atoms with Crippen LogP contribution in [0.25, 0.3) is 0 Å². The zero-order valence-corrected chi connectivity index (χ0v) is 15.5. The van der Waals surface area contributed by atoms with Gasteiger partial charge in [0, 0.05) is 31.0 Å².